The third-order valence-electron chi connectivity index (χ3n) is 5.32. The molecule has 0 amide bonds. The van der Waals surface area contributed by atoms with Gasteiger partial charge in [-0.3, -0.25) is 0 Å². The van der Waals surface area contributed by atoms with Gasteiger partial charge in [0.05, 0.1) is 19.8 Å². The molecule has 1 saturated heterocycles. The van der Waals surface area contributed by atoms with Crippen molar-refractivity contribution in [3.05, 3.63) is 29.3 Å². The van der Waals surface area contributed by atoms with Crippen LogP contribution in [0.3, 0.4) is 0 Å². The normalized spacial score (nSPS) is 17.5. The van der Waals surface area contributed by atoms with Crippen LogP contribution in [-0.4, -0.2) is 40.9 Å². The van der Waals surface area contributed by atoms with Crippen molar-refractivity contribution in [3.63, 3.8) is 0 Å². The lowest BCUT2D eigenvalue weighted by Gasteiger charge is -2.28. The summed E-state index contributed by atoms with van der Waals surface area (Å²) in [6, 6.07) is 5.34. The van der Waals surface area contributed by atoms with Crippen LogP contribution in [0.4, 0.5) is 0 Å². The molecule has 1 atom stereocenters. The van der Waals surface area contributed by atoms with Gasteiger partial charge in [0, 0.05) is 25.0 Å². The molecule has 3 N–H and O–H groups in total. The predicted molar refractivity (Wildman–Crippen MR) is 101 cm³/mol. The molecule has 1 unspecified atom stereocenters. The largest absolute Gasteiger partial charge is 0.508 e. The molecule has 0 bridgehead atoms. The minimum Gasteiger partial charge on any atom is -0.508 e. The zero-order valence-electron chi connectivity index (χ0n) is 16.0. The highest BCUT2D eigenvalue weighted by Crippen LogP contribution is 2.32. The molecule has 0 radical (unpaired) electrons. The van der Waals surface area contributed by atoms with Crippen molar-refractivity contribution in [1.82, 2.24) is 0 Å². The van der Waals surface area contributed by atoms with Crippen LogP contribution >= 0.6 is 0 Å². The monoisotopic (exact) mass is 366 g/mol. The number of aromatic hydroxyl groups is 1. The minimum atomic E-state index is -0.540. The highest BCUT2D eigenvalue weighted by atomic mass is 16.7. The number of phenols is 1. The highest BCUT2D eigenvalue weighted by Gasteiger charge is 2.35. The molecular formula is C21H34O5. The van der Waals surface area contributed by atoms with E-state index in [0.29, 0.717) is 24.7 Å². The third-order valence-corrected chi connectivity index (χ3v) is 5.32. The molecule has 1 fully saturated rings. The second kappa shape index (κ2) is 10.9. The number of aliphatic hydroxyl groups excluding tert-OH is 2. The Morgan fingerprint density at radius 3 is 2.46 bits per heavy atom. The first kappa shape index (κ1) is 21.2. The van der Waals surface area contributed by atoms with Crippen LogP contribution in [0.2, 0.25) is 0 Å². The quantitative estimate of drug-likeness (QED) is 0.527. The van der Waals surface area contributed by atoms with E-state index in [9.17, 15) is 15.3 Å². The molecule has 1 aromatic carbocycles. The van der Waals surface area contributed by atoms with Crippen molar-refractivity contribution in [2.24, 2.45) is 5.92 Å². The molecule has 1 aliphatic rings. The van der Waals surface area contributed by atoms with E-state index in [1.807, 2.05) is 12.1 Å². The molecule has 0 spiro atoms. The first-order valence-corrected chi connectivity index (χ1v) is 9.93. The third kappa shape index (κ3) is 6.23. The summed E-state index contributed by atoms with van der Waals surface area (Å²) in [6.07, 6.45) is 7.74. The Morgan fingerprint density at radius 1 is 1.08 bits per heavy atom. The number of ether oxygens (including phenoxy) is 2. The van der Waals surface area contributed by atoms with E-state index in [0.717, 1.165) is 56.9 Å². The Bertz CT molecular complexity index is 525. The van der Waals surface area contributed by atoms with Crippen LogP contribution in [0.5, 0.6) is 5.75 Å². The maximum atomic E-state index is 9.69. The molecule has 0 aromatic heterocycles. The molecule has 26 heavy (non-hydrogen) atoms. The second-order valence-electron chi connectivity index (χ2n) is 7.31. The molecule has 1 aromatic rings. The zero-order valence-corrected chi connectivity index (χ0v) is 16.0. The van der Waals surface area contributed by atoms with Gasteiger partial charge in [0.15, 0.2) is 5.79 Å². The summed E-state index contributed by atoms with van der Waals surface area (Å²) in [5, 5.41) is 28.5. The number of hydrogen-bond donors (Lipinski definition) is 3. The Kier molecular flexibility index (Phi) is 8.85. The van der Waals surface area contributed by atoms with Crippen molar-refractivity contribution < 1.29 is 24.8 Å². The Morgan fingerprint density at radius 2 is 1.81 bits per heavy atom. The van der Waals surface area contributed by atoms with Crippen LogP contribution in [0, 0.1) is 5.92 Å². The lowest BCUT2D eigenvalue weighted by Crippen LogP contribution is -2.31. The van der Waals surface area contributed by atoms with Crippen molar-refractivity contribution >= 4 is 0 Å². The number of unbranched alkanes of at least 4 members (excludes halogenated alkanes) is 1. The molecule has 5 nitrogen and oxygen atoms in total. The zero-order chi connectivity index (χ0) is 18.8. The summed E-state index contributed by atoms with van der Waals surface area (Å²) < 4.78 is 11.9. The van der Waals surface area contributed by atoms with Crippen molar-refractivity contribution in [2.75, 3.05) is 19.8 Å². The fourth-order valence-corrected chi connectivity index (χ4v) is 3.65. The number of hydrogen-bond acceptors (Lipinski definition) is 5. The predicted octanol–water partition coefficient (Wildman–Crippen LogP) is 3.53. The minimum absolute atomic E-state index is 0.126. The van der Waals surface area contributed by atoms with Crippen LogP contribution in [0.15, 0.2) is 18.2 Å². The van der Waals surface area contributed by atoms with Gasteiger partial charge in [-0.05, 0) is 49.3 Å². The summed E-state index contributed by atoms with van der Waals surface area (Å²) in [5.74, 6) is -0.0405. The number of rotatable bonds is 12. The van der Waals surface area contributed by atoms with E-state index < -0.39 is 5.79 Å². The SMILES string of the molecule is CCCCC(CO)CCCC1(CCc2ccc(O)c(CO)c2)OCCO1. The molecule has 5 heteroatoms. The van der Waals surface area contributed by atoms with E-state index >= 15 is 0 Å². The highest BCUT2D eigenvalue weighted by molar-refractivity contribution is 5.35. The topological polar surface area (TPSA) is 79.2 Å². The van der Waals surface area contributed by atoms with E-state index in [1.165, 1.54) is 0 Å². The summed E-state index contributed by atoms with van der Waals surface area (Å²) in [5.41, 5.74) is 1.60. The maximum absolute atomic E-state index is 9.69. The van der Waals surface area contributed by atoms with Crippen LogP contribution < -0.4 is 0 Å². The Labute approximate surface area is 157 Å². The average Bonchev–Trinajstić information content (AvgIpc) is 3.13. The summed E-state index contributed by atoms with van der Waals surface area (Å²) in [6.45, 7) is 3.51. The van der Waals surface area contributed by atoms with Gasteiger partial charge >= 0.3 is 0 Å². The maximum Gasteiger partial charge on any atom is 0.168 e. The molecule has 148 valence electrons. The van der Waals surface area contributed by atoms with Gasteiger partial charge in [-0.15, -0.1) is 0 Å². The fourth-order valence-electron chi connectivity index (χ4n) is 3.65. The smallest absolute Gasteiger partial charge is 0.168 e. The lowest BCUT2D eigenvalue weighted by molar-refractivity contribution is -0.167. The first-order valence-electron chi connectivity index (χ1n) is 9.93. The fraction of sp³-hybridized carbons (Fsp3) is 0.714. The van der Waals surface area contributed by atoms with Crippen LogP contribution in [0.25, 0.3) is 0 Å². The summed E-state index contributed by atoms with van der Waals surface area (Å²) in [7, 11) is 0. The van der Waals surface area contributed by atoms with Crippen molar-refractivity contribution in [2.45, 2.75) is 70.7 Å². The van der Waals surface area contributed by atoms with Gasteiger partial charge in [-0.2, -0.15) is 0 Å². The number of aryl methyl sites for hydroxylation is 1. The number of aliphatic hydroxyl groups is 2. The molecular weight excluding hydrogens is 332 g/mol. The van der Waals surface area contributed by atoms with Gasteiger partial charge in [0.2, 0.25) is 0 Å². The number of benzene rings is 1. The van der Waals surface area contributed by atoms with Gasteiger partial charge < -0.3 is 24.8 Å². The second-order valence-corrected chi connectivity index (χ2v) is 7.31. The van der Waals surface area contributed by atoms with Crippen molar-refractivity contribution in [1.29, 1.82) is 0 Å². The van der Waals surface area contributed by atoms with E-state index in [2.05, 4.69) is 6.92 Å². The lowest BCUT2D eigenvalue weighted by atomic mass is 9.93. The first-order chi connectivity index (χ1) is 12.6. The Balaban J connectivity index is 1.86. The summed E-state index contributed by atoms with van der Waals surface area (Å²) >= 11 is 0. The van der Waals surface area contributed by atoms with Gasteiger partial charge in [-0.1, -0.05) is 25.8 Å². The molecule has 1 heterocycles. The Hall–Kier alpha value is -1.14. The molecule has 0 aliphatic carbocycles. The van der Waals surface area contributed by atoms with Gasteiger partial charge in [0.25, 0.3) is 0 Å². The average molecular weight is 366 g/mol. The summed E-state index contributed by atoms with van der Waals surface area (Å²) in [4.78, 5) is 0. The molecule has 0 saturated carbocycles. The van der Waals surface area contributed by atoms with E-state index in [-0.39, 0.29) is 19.0 Å². The van der Waals surface area contributed by atoms with Gasteiger partial charge in [-0.25, -0.2) is 0 Å². The van der Waals surface area contributed by atoms with Crippen LogP contribution in [0.1, 0.15) is 63.0 Å². The molecule has 1 aliphatic heterocycles. The molecule has 2 rings (SSSR count). The van der Waals surface area contributed by atoms with E-state index in [1.54, 1.807) is 6.07 Å². The van der Waals surface area contributed by atoms with Gasteiger partial charge in [0.1, 0.15) is 5.75 Å². The standard InChI is InChI=1S/C21H34O5/c1-2-3-5-18(15-22)6-4-10-21(25-12-13-26-21)11-9-17-7-8-20(24)19(14-17)16-23/h7-8,14,18,22-24H,2-6,9-13,15-16H2,1H3. The van der Waals surface area contributed by atoms with E-state index in [4.69, 9.17) is 9.47 Å². The van der Waals surface area contributed by atoms with Crippen molar-refractivity contribution in [3.8, 4) is 5.75 Å². The van der Waals surface area contributed by atoms with Crippen LogP contribution in [-0.2, 0) is 22.5 Å².